The number of hydrogen-bond acceptors (Lipinski definition) is 2. The molecule has 2 aromatic rings. The SMILES string of the molecule is CC(=O)c1ccc(-c2ccccc2C)o1. The Bertz CT molecular complexity index is 495. The summed E-state index contributed by atoms with van der Waals surface area (Å²) in [6.45, 7) is 3.52. The number of furan rings is 1. The van der Waals surface area contributed by atoms with Crippen molar-refractivity contribution in [2.75, 3.05) is 0 Å². The lowest BCUT2D eigenvalue weighted by Gasteiger charge is -2.00. The third kappa shape index (κ3) is 1.84. The first-order valence-electron chi connectivity index (χ1n) is 4.85. The maximum atomic E-state index is 11.1. The van der Waals surface area contributed by atoms with Gasteiger partial charge in [0.15, 0.2) is 11.5 Å². The Balaban J connectivity index is 2.46. The van der Waals surface area contributed by atoms with Gasteiger partial charge in [-0.15, -0.1) is 0 Å². The molecular formula is C13H12O2. The van der Waals surface area contributed by atoms with Crippen LogP contribution in [-0.2, 0) is 0 Å². The average Bonchev–Trinajstić information content (AvgIpc) is 2.67. The smallest absolute Gasteiger partial charge is 0.194 e. The molecule has 0 atom stereocenters. The van der Waals surface area contributed by atoms with E-state index in [2.05, 4.69) is 0 Å². The minimum Gasteiger partial charge on any atom is -0.453 e. The zero-order chi connectivity index (χ0) is 10.8. The molecule has 0 aliphatic carbocycles. The molecule has 0 saturated carbocycles. The number of aryl methyl sites for hydroxylation is 1. The van der Waals surface area contributed by atoms with Gasteiger partial charge in [-0.3, -0.25) is 4.79 Å². The van der Waals surface area contributed by atoms with Crippen LogP contribution in [0, 0.1) is 6.92 Å². The molecule has 0 saturated heterocycles. The van der Waals surface area contributed by atoms with Crippen LogP contribution in [0.1, 0.15) is 23.0 Å². The van der Waals surface area contributed by atoms with Gasteiger partial charge in [0.25, 0.3) is 0 Å². The first-order valence-corrected chi connectivity index (χ1v) is 4.85. The maximum Gasteiger partial charge on any atom is 0.194 e. The molecule has 2 rings (SSSR count). The Morgan fingerprint density at radius 3 is 2.47 bits per heavy atom. The lowest BCUT2D eigenvalue weighted by molar-refractivity contribution is 0.0988. The first-order chi connectivity index (χ1) is 7.18. The molecule has 0 amide bonds. The van der Waals surface area contributed by atoms with Crippen LogP contribution in [0.25, 0.3) is 11.3 Å². The van der Waals surface area contributed by atoms with E-state index in [-0.39, 0.29) is 5.78 Å². The molecule has 0 spiro atoms. The number of Topliss-reactive ketones (excluding diaryl/α,β-unsaturated/α-hetero) is 1. The van der Waals surface area contributed by atoms with Crippen molar-refractivity contribution in [1.29, 1.82) is 0 Å². The zero-order valence-corrected chi connectivity index (χ0v) is 8.78. The van der Waals surface area contributed by atoms with Crippen molar-refractivity contribution >= 4 is 5.78 Å². The quantitative estimate of drug-likeness (QED) is 0.695. The second-order valence-electron chi connectivity index (χ2n) is 3.54. The van der Waals surface area contributed by atoms with Gasteiger partial charge in [0.1, 0.15) is 5.76 Å². The number of benzene rings is 1. The lowest BCUT2D eigenvalue weighted by atomic mass is 10.1. The Morgan fingerprint density at radius 2 is 1.87 bits per heavy atom. The zero-order valence-electron chi connectivity index (χ0n) is 8.78. The number of ketones is 1. The topological polar surface area (TPSA) is 30.2 Å². The van der Waals surface area contributed by atoms with E-state index in [4.69, 9.17) is 4.42 Å². The molecule has 15 heavy (non-hydrogen) atoms. The number of carbonyl (C=O) groups is 1. The van der Waals surface area contributed by atoms with E-state index >= 15 is 0 Å². The Kier molecular flexibility index (Phi) is 2.42. The summed E-state index contributed by atoms with van der Waals surface area (Å²) in [5.74, 6) is 1.11. The fourth-order valence-electron chi connectivity index (χ4n) is 1.52. The van der Waals surface area contributed by atoms with Gasteiger partial charge in [0, 0.05) is 12.5 Å². The highest BCUT2D eigenvalue weighted by Crippen LogP contribution is 2.25. The Morgan fingerprint density at radius 1 is 1.13 bits per heavy atom. The molecule has 0 N–H and O–H groups in total. The van der Waals surface area contributed by atoms with E-state index in [1.807, 2.05) is 37.3 Å². The largest absolute Gasteiger partial charge is 0.453 e. The summed E-state index contributed by atoms with van der Waals surface area (Å²) in [4.78, 5) is 11.1. The van der Waals surface area contributed by atoms with Crippen LogP contribution in [0.15, 0.2) is 40.8 Å². The molecule has 0 bridgehead atoms. The van der Waals surface area contributed by atoms with Crippen molar-refractivity contribution in [2.45, 2.75) is 13.8 Å². The monoisotopic (exact) mass is 200 g/mol. The molecule has 76 valence electrons. The standard InChI is InChI=1S/C13H12O2/c1-9-5-3-4-6-11(9)13-8-7-12(15-13)10(2)14/h3-8H,1-2H3. The summed E-state index contributed by atoms with van der Waals surface area (Å²) < 4.78 is 5.46. The summed E-state index contributed by atoms with van der Waals surface area (Å²) in [6.07, 6.45) is 0. The fourth-order valence-corrected chi connectivity index (χ4v) is 1.52. The molecule has 0 aliphatic heterocycles. The van der Waals surface area contributed by atoms with E-state index < -0.39 is 0 Å². The predicted molar refractivity (Wildman–Crippen MR) is 58.9 cm³/mol. The van der Waals surface area contributed by atoms with Crippen LogP contribution in [0.3, 0.4) is 0 Å². The van der Waals surface area contributed by atoms with Gasteiger partial charge in [-0.25, -0.2) is 0 Å². The summed E-state index contributed by atoms with van der Waals surface area (Å²) in [5.41, 5.74) is 2.17. The lowest BCUT2D eigenvalue weighted by Crippen LogP contribution is -1.86. The van der Waals surface area contributed by atoms with Gasteiger partial charge >= 0.3 is 0 Å². The van der Waals surface area contributed by atoms with Crippen LogP contribution in [0.4, 0.5) is 0 Å². The summed E-state index contributed by atoms with van der Waals surface area (Å²) in [6, 6.07) is 11.5. The number of hydrogen-bond donors (Lipinski definition) is 0. The minimum absolute atomic E-state index is 0.0464. The van der Waals surface area contributed by atoms with Gasteiger partial charge in [0.05, 0.1) is 0 Å². The molecule has 0 radical (unpaired) electrons. The van der Waals surface area contributed by atoms with Crippen LogP contribution in [0.2, 0.25) is 0 Å². The average molecular weight is 200 g/mol. The van der Waals surface area contributed by atoms with Crippen LogP contribution >= 0.6 is 0 Å². The van der Waals surface area contributed by atoms with E-state index in [0.717, 1.165) is 16.9 Å². The minimum atomic E-state index is -0.0464. The molecule has 0 fully saturated rings. The molecule has 2 nitrogen and oxygen atoms in total. The van der Waals surface area contributed by atoms with Crippen molar-refractivity contribution in [3.8, 4) is 11.3 Å². The molecule has 0 unspecified atom stereocenters. The van der Waals surface area contributed by atoms with E-state index in [9.17, 15) is 4.79 Å². The van der Waals surface area contributed by atoms with Gasteiger partial charge in [-0.2, -0.15) is 0 Å². The molecule has 1 heterocycles. The van der Waals surface area contributed by atoms with E-state index in [0.29, 0.717) is 5.76 Å². The number of rotatable bonds is 2. The van der Waals surface area contributed by atoms with E-state index in [1.54, 1.807) is 6.07 Å². The van der Waals surface area contributed by atoms with Crippen molar-refractivity contribution in [3.05, 3.63) is 47.7 Å². The molecular weight excluding hydrogens is 188 g/mol. The predicted octanol–water partition coefficient (Wildman–Crippen LogP) is 3.46. The Labute approximate surface area is 88.5 Å². The Hall–Kier alpha value is -1.83. The van der Waals surface area contributed by atoms with Crippen molar-refractivity contribution < 1.29 is 9.21 Å². The summed E-state index contributed by atoms with van der Waals surface area (Å²) >= 11 is 0. The highest BCUT2D eigenvalue weighted by atomic mass is 16.3. The molecule has 0 aliphatic rings. The van der Waals surface area contributed by atoms with Crippen molar-refractivity contribution in [2.24, 2.45) is 0 Å². The third-order valence-electron chi connectivity index (χ3n) is 2.36. The molecule has 2 heteroatoms. The normalized spacial score (nSPS) is 10.3. The summed E-state index contributed by atoms with van der Waals surface area (Å²) in [7, 11) is 0. The van der Waals surface area contributed by atoms with Crippen molar-refractivity contribution in [3.63, 3.8) is 0 Å². The van der Waals surface area contributed by atoms with E-state index in [1.165, 1.54) is 6.92 Å². The first kappa shape index (κ1) is 9.71. The van der Waals surface area contributed by atoms with Gasteiger partial charge in [-0.1, -0.05) is 24.3 Å². The van der Waals surface area contributed by atoms with Crippen LogP contribution < -0.4 is 0 Å². The van der Waals surface area contributed by atoms with Gasteiger partial charge < -0.3 is 4.42 Å². The molecule has 1 aromatic carbocycles. The van der Waals surface area contributed by atoms with Gasteiger partial charge in [-0.05, 0) is 24.6 Å². The van der Waals surface area contributed by atoms with Gasteiger partial charge in [0.2, 0.25) is 0 Å². The second-order valence-corrected chi connectivity index (χ2v) is 3.54. The number of carbonyl (C=O) groups excluding carboxylic acids is 1. The van der Waals surface area contributed by atoms with Crippen LogP contribution in [-0.4, -0.2) is 5.78 Å². The maximum absolute atomic E-state index is 11.1. The third-order valence-corrected chi connectivity index (χ3v) is 2.36. The summed E-state index contributed by atoms with van der Waals surface area (Å²) in [5, 5.41) is 0. The highest BCUT2D eigenvalue weighted by molar-refractivity contribution is 5.91. The molecule has 1 aromatic heterocycles. The van der Waals surface area contributed by atoms with Crippen LogP contribution in [0.5, 0.6) is 0 Å². The fraction of sp³-hybridized carbons (Fsp3) is 0.154. The highest BCUT2D eigenvalue weighted by Gasteiger charge is 2.08. The second kappa shape index (κ2) is 3.73. The van der Waals surface area contributed by atoms with Crippen molar-refractivity contribution in [1.82, 2.24) is 0 Å².